The molecule has 0 bridgehead atoms. The summed E-state index contributed by atoms with van der Waals surface area (Å²) in [6.07, 6.45) is 7.32. The van der Waals surface area contributed by atoms with Gasteiger partial charge in [0.05, 0.1) is 16.4 Å². The number of aromatic nitrogens is 3. The van der Waals surface area contributed by atoms with E-state index in [1.807, 2.05) is 18.2 Å². The van der Waals surface area contributed by atoms with Crippen LogP contribution in [0.1, 0.15) is 6.42 Å². The summed E-state index contributed by atoms with van der Waals surface area (Å²) in [5, 5.41) is 3.76. The first-order chi connectivity index (χ1) is 9.31. The van der Waals surface area contributed by atoms with Crippen LogP contribution in [0.15, 0.2) is 30.7 Å². The highest BCUT2D eigenvalue weighted by Crippen LogP contribution is 2.19. The highest BCUT2D eigenvalue weighted by atomic mass is 16.1. The lowest BCUT2D eigenvalue weighted by atomic mass is 10.1. The summed E-state index contributed by atoms with van der Waals surface area (Å²) in [6, 6.07) is 5.91. The zero-order valence-corrected chi connectivity index (χ0v) is 10.00. The average Bonchev–Trinajstić information content (AvgIpc) is 2.45. The second-order valence-electron chi connectivity index (χ2n) is 4.57. The molecule has 0 N–H and O–H groups in total. The van der Waals surface area contributed by atoms with Gasteiger partial charge in [-0.25, -0.2) is 15.0 Å². The maximum absolute atomic E-state index is 11.4. The van der Waals surface area contributed by atoms with Crippen LogP contribution in [0.2, 0.25) is 0 Å². The first-order valence-electron chi connectivity index (χ1n) is 6.05. The first kappa shape index (κ1) is 10.3. The second kappa shape index (κ2) is 3.68. The molecule has 1 aliphatic carbocycles. The Balaban J connectivity index is 2.23. The molecule has 0 aliphatic heterocycles. The van der Waals surface area contributed by atoms with Gasteiger partial charge in [0.15, 0.2) is 5.78 Å². The van der Waals surface area contributed by atoms with E-state index in [9.17, 15) is 4.79 Å². The zero-order chi connectivity index (χ0) is 12.8. The van der Waals surface area contributed by atoms with Gasteiger partial charge in [0.1, 0.15) is 6.33 Å². The van der Waals surface area contributed by atoms with Crippen molar-refractivity contribution in [2.75, 3.05) is 0 Å². The lowest BCUT2D eigenvalue weighted by Gasteiger charge is -2.04. The Hall–Kier alpha value is -2.62. The number of carbonyl (C=O) groups is 1. The lowest BCUT2D eigenvalue weighted by Crippen LogP contribution is -2.32. The van der Waals surface area contributed by atoms with Gasteiger partial charge in [-0.15, -0.1) is 0 Å². The predicted octanol–water partition coefficient (Wildman–Crippen LogP) is 0.712. The summed E-state index contributed by atoms with van der Waals surface area (Å²) < 4.78 is 0. The van der Waals surface area contributed by atoms with Crippen LogP contribution >= 0.6 is 0 Å². The van der Waals surface area contributed by atoms with Gasteiger partial charge < -0.3 is 0 Å². The lowest BCUT2D eigenvalue weighted by molar-refractivity contribution is -0.112. The van der Waals surface area contributed by atoms with Gasteiger partial charge in [-0.1, -0.05) is 6.08 Å². The minimum atomic E-state index is 0.100. The number of nitrogens with zero attached hydrogens (tertiary/aromatic N) is 3. The molecule has 90 valence electrons. The first-order valence-corrected chi connectivity index (χ1v) is 6.05. The molecule has 0 atom stereocenters. The van der Waals surface area contributed by atoms with E-state index in [-0.39, 0.29) is 5.78 Å². The predicted molar refractivity (Wildman–Crippen MR) is 72.6 cm³/mol. The van der Waals surface area contributed by atoms with Crippen molar-refractivity contribution < 1.29 is 4.79 Å². The fourth-order valence-corrected chi connectivity index (χ4v) is 2.44. The molecular weight excluding hydrogens is 238 g/mol. The number of benzene rings is 1. The van der Waals surface area contributed by atoms with E-state index in [1.54, 1.807) is 18.6 Å². The average molecular weight is 247 g/mol. The molecule has 3 aromatic rings. The molecule has 19 heavy (non-hydrogen) atoms. The van der Waals surface area contributed by atoms with Crippen molar-refractivity contribution in [2.24, 2.45) is 0 Å². The van der Waals surface area contributed by atoms with E-state index < -0.39 is 0 Å². The van der Waals surface area contributed by atoms with Crippen molar-refractivity contribution in [3.63, 3.8) is 0 Å². The molecule has 0 saturated heterocycles. The number of Topliss-reactive ketones (excluding diaryl/α,β-unsaturated/α-hetero) is 1. The van der Waals surface area contributed by atoms with Crippen LogP contribution < -0.4 is 10.6 Å². The van der Waals surface area contributed by atoms with Gasteiger partial charge in [-0.05, 0) is 23.4 Å². The van der Waals surface area contributed by atoms with Crippen molar-refractivity contribution in [1.82, 2.24) is 15.0 Å². The molecule has 0 saturated carbocycles. The minimum absolute atomic E-state index is 0.100. The highest BCUT2D eigenvalue weighted by Gasteiger charge is 2.06. The van der Waals surface area contributed by atoms with Gasteiger partial charge in [0.25, 0.3) is 0 Å². The Bertz CT molecular complexity index is 960. The summed E-state index contributed by atoms with van der Waals surface area (Å²) in [4.78, 5) is 24.3. The van der Waals surface area contributed by atoms with Crippen molar-refractivity contribution in [3.8, 4) is 0 Å². The van der Waals surface area contributed by atoms with E-state index in [0.717, 1.165) is 32.4 Å². The van der Waals surface area contributed by atoms with Crippen LogP contribution in [-0.4, -0.2) is 20.7 Å². The fraction of sp³-hybridized carbons (Fsp3) is 0.0667. The molecule has 0 amide bonds. The largest absolute Gasteiger partial charge is 0.294 e. The molecule has 4 nitrogen and oxygen atoms in total. The van der Waals surface area contributed by atoms with Crippen molar-refractivity contribution in [2.45, 2.75) is 6.42 Å². The molecule has 2 heterocycles. The molecular formula is C15H9N3O. The molecule has 4 rings (SSSR count). The molecule has 4 heteroatoms. The summed E-state index contributed by atoms with van der Waals surface area (Å²) >= 11 is 0. The Morgan fingerprint density at radius 1 is 1.11 bits per heavy atom. The van der Waals surface area contributed by atoms with Gasteiger partial charge >= 0.3 is 0 Å². The van der Waals surface area contributed by atoms with E-state index in [4.69, 9.17) is 0 Å². The normalized spacial score (nSPS) is 14.0. The number of ketones is 1. The number of pyridine rings is 1. The third-order valence-corrected chi connectivity index (χ3v) is 3.37. The molecule has 1 aliphatic rings. The molecule has 0 fully saturated rings. The molecule has 2 aromatic heterocycles. The maximum Gasteiger partial charge on any atom is 0.161 e. The Labute approximate surface area is 108 Å². The second-order valence-corrected chi connectivity index (χ2v) is 4.57. The number of fused-ring (bicyclic) bond motifs is 4. The number of hydrogen-bond acceptors (Lipinski definition) is 4. The third-order valence-electron chi connectivity index (χ3n) is 3.37. The van der Waals surface area contributed by atoms with Gasteiger partial charge in [-0.2, -0.15) is 0 Å². The molecule has 0 radical (unpaired) electrons. The highest BCUT2D eigenvalue weighted by molar-refractivity contribution is 6.10. The number of carbonyl (C=O) groups excluding carboxylic acids is 1. The van der Waals surface area contributed by atoms with Gasteiger partial charge in [0, 0.05) is 29.5 Å². The van der Waals surface area contributed by atoms with Crippen LogP contribution in [0.25, 0.3) is 34.0 Å². The number of hydrogen-bond donors (Lipinski definition) is 0. The van der Waals surface area contributed by atoms with Crippen LogP contribution in [0.3, 0.4) is 0 Å². The Morgan fingerprint density at radius 3 is 2.95 bits per heavy atom. The van der Waals surface area contributed by atoms with Crippen molar-refractivity contribution in [3.05, 3.63) is 41.3 Å². The zero-order valence-electron chi connectivity index (χ0n) is 10.00. The molecule has 0 spiro atoms. The van der Waals surface area contributed by atoms with E-state index in [0.29, 0.717) is 6.42 Å². The van der Waals surface area contributed by atoms with E-state index >= 15 is 0 Å². The Morgan fingerprint density at radius 2 is 2.00 bits per heavy atom. The topological polar surface area (TPSA) is 55.7 Å². The van der Waals surface area contributed by atoms with Crippen LogP contribution in [0.5, 0.6) is 0 Å². The third kappa shape index (κ3) is 1.53. The van der Waals surface area contributed by atoms with Gasteiger partial charge in [0.2, 0.25) is 0 Å². The van der Waals surface area contributed by atoms with E-state index in [2.05, 4.69) is 21.0 Å². The summed E-state index contributed by atoms with van der Waals surface area (Å²) in [6.45, 7) is 0. The van der Waals surface area contributed by atoms with Crippen LogP contribution in [0.4, 0.5) is 0 Å². The minimum Gasteiger partial charge on any atom is -0.294 e. The Kier molecular flexibility index (Phi) is 2.00. The quantitative estimate of drug-likeness (QED) is 0.549. The molecule has 0 unspecified atom stereocenters. The van der Waals surface area contributed by atoms with Crippen LogP contribution in [0, 0.1) is 0 Å². The monoisotopic (exact) mass is 247 g/mol. The SMILES string of the molecule is O=C1C=c2nc3ccc4ncncc4c3cc2=CC1. The summed E-state index contributed by atoms with van der Waals surface area (Å²) in [7, 11) is 0. The molecule has 1 aromatic carbocycles. The summed E-state index contributed by atoms with van der Waals surface area (Å²) in [5.74, 6) is 0.100. The van der Waals surface area contributed by atoms with Crippen molar-refractivity contribution >= 4 is 39.7 Å². The fourth-order valence-electron chi connectivity index (χ4n) is 2.44. The summed E-state index contributed by atoms with van der Waals surface area (Å²) in [5.41, 5.74) is 1.76. The standard InChI is InChI=1S/C15H9N3O/c19-10-2-1-9-5-11-12-7-16-8-17-13(12)3-4-14(11)18-15(9)6-10/h1,3-8H,2H2. The van der Waals surface area contributed by atoms with Crippen LogP contribution in [-0.2, 0) is 4.79 Å². The van der Waals surface area contributed by atoms with Crippen molar-refractivity contribution in [1.29, 1.82) is 0 Å². The number of rotatable bonds is 0. The maximum atomic E-state index is 11.4. The van der Waals surface area contributed by atoms with E-state index in [1.165, 1.54) is 0 Å². The van der Waals surface area contributed by atoms with Gasteiger partial charge in [-0.3, -0.25) is 4.79 Å². The smallest absolute Gasteiger partial charge is 0.161 e.